The Morgan fingerprint density at radius 3 is 2.52 bits per heavy atom. The highest BCUT2D eigenvalue weighted by molar-refractivity contribution is 7.91. The largest absolute Gasteiger partial charge is 0.342 e. The quantitative estimate of drug-likeness (QED) is 0.809. The summed E-state index contributed by atoms with van der Waals surface area (Å²) < 4.78 is 27.1. The molecule has 1 amide bonds. The van der Waals surface area contributed by atoms with Gasteiger partial charge in [-0.2, -0.15) is 4.31 Å². The number of carbonyl (C=O) groups is 1. The van der Waals surface area contributed by atoms with Crippen molar-refractivity contribution in [2.24, 2.45) is 0 Å². The Kier molecular flexibility index (Phi) is 5.35. The highest BCUT2D eigenvalue weighted by Gasteiger charge is 2.28. The maximum atomic E-state index is 12.6. The van der Waals surface area contributed by atoms with Crippen molar-refractivity contribution in [2.75, 3.05) is 45.8 Å². The van der Waals surface area contributed by atoms with Crippen molar-refractivity contribution in [1.29, 1.82) is 0 Å². The molecule has 0 unspecified atom stereocenters. The Hall–Kier alpha value is -0.960. The van der Waals surface area contributed by atoms with Crippen LogP contribution in [0.3, 0.4) is 0 Å². The van der Waals surface area contributed by atoms with E-state index in [1.807, 2.05) is 4.90 Å². The van der Waals surface area contributed by atoms with Crippen LogP contribution < -0.4 is 0 Å². The van der Waals surface area contributed by atoms with Crippen LogP contribution >= 0.6 is 11.3 Å². The van der Waals surface area contributed by atoms with Crippen LogP contribution in [-0.4, -0.2) is 74.2 Å². The van der Waals surface area contributed by atoms with Crippen molar-refractivity contribution >= 4 is 27.3 Å². The van der Waals surface area contributed by atoms with Gasteiger partial charge in [0, 0.05) is 32.7 Å². The van der Waals surface area contributed by atoms with E-state index in [9.17, 15) is 13.2 Å². The van der Waals surface area contributed by atoms with Gasteiger partial charge in [0.05, 0.1) is 6.54 Å². The predicted octanol–water partition coefficient (Wildman–Crippen LogP) is 1.07. The lowest BCUT2D eigenvalue weighted by molar-refractivity contribution is -0.131. The molecule has 23 heavy (non-hydrogen) atoms. The second-order valence-corrected chi connectivity index (χ2v) is 9.17. The molecule has 128 valence electrons. The Labute approximate surface area is 141 Å². The second-order valence-electron chi connectivity index (χ2n) is 6.05. The van der Waals surface area contributed by atoms with E-state index < -0.39 is 10.0 Å². The number of amides is 1. The van der Waals surface area contributed by atoms with Gasteiger partial charge in [-0.15, -0.1) is 11.3 Å². The number of thiophene rings is 1. The van der Waals surface area contributed by atoms with Crippen molar-refractivity contribution in [3.05, 3.63) is 17.5 Å². The summed E-state index contributed by atoms with van der Waals surface area (Å²) >= 11 is 1.25. The fourth-order valence-electron chi connectivity index (χ4n) is 3.14. The fourth-order valence-corrected chi connectivity index (χ4v) is 5.76. The average Bonchev–Trinajstić information content (AvgIpc) is 3.19. The van der Waals surface area contributed by atoms with E-state index in [0.717, 1.165) is 38.9 Å². The minimum atomic E-state index is -3.38. The van der Waals surface area contributed by atoms with E-state index in [-0.39, 0.29) is 5.91 Å². The normalized spacial score (nSPS) is 21.5. The van der Waals surface area contributed by atoms with Gasteiger partial charge < -0.3 is 4.90 Å². The Morgan fingerprint density at radius 1 is 1.04 bits per heavy atom. The number of hydrogen-bond donors (Lipinski definition) is 0. The third-order valence-electron chi connectivity index (χ3n) is 4.45. The van der Waals surface area contributed by atoms with Crippen molar-refractivity contribution in [3.8, 4) is 0 Å². The molecule has 3 rings (SSSR count). The second kappa shape index (κ2) is 7.29. The molecular formula is C15H23N3O3S2. The van der Waals surface area contributed by atoms with Gasteiger partial charge in [0.25, 0.3) is 10.0 Å². The lowest BCUT2D eigenvalue weighted by Gasteiger charge is -2.23. The molecule has 2 fully saturated rings. The lowest BCUT2D eigenvalue weighted by Crippen LogP contribution is -2.41. The first kappa shape index (κ1) is 16.9. The van der Waals surface area contributed by atoms with Gasteiger partial charge in [-0.25, -0.2) is 8.42 Å². The lowest BCUT2D eigenvalue weighted by atomic mass is 10.3. The van der Waals surface area contributed by atoms with E-state index in [4.69, 9.17) is 0 Å². The standard InChI is InChI=1S/C15H23N3O3S2/c19-14(17-7-1-2-8-17)13-16-6-4-9-18(11-10-16)23(20,21)15-5-3-12-22-15/h3,5,12H,1-2,4,6-11,13H2. The fraction of sp³-hybridized carbons (Fsp3) is 0.667. The van der Waals surface area contributed by atoms with Crippen LogP contribution in [0.5, 0.6) is 0 Å². The molecule has 0 N–H and O–H groups in total. The summed E-state index contributed by atoms with van der Waals surface area (Å²) in [5.74, 6) is 0.178. The number of rotatable bonds is 4. The molecule has 0 radical (unpaired) electrons. The van der Waals surface area contributed by atoms with Crippen molar-refractivity contribution in [3.63, 3.8) is 0 Å². The molecule has 2 saturated heterocycles. The van der Waals surface area contributed by atoms with E-state index >= 15 is 0 Å². The maximum absolute atomic E-state index is 12.6. The van der Waals surface area contributed by atoms with Gasteiger partial charge in [0.1, 0.15) is 4.21 Å². The third-order valence-corrected chi connectivity index (χ3v) is 7.73. The molecule has 2 aliphatic heterocycles. The Balaban J connectivity index is 1.58. The highest BCUT2D eigenvalue weighted by atomic mass is 32.2. The minimum Gasteiger partial charge on any atom is -0.342 e. The zero-order valence-corrected chi connectivity index (χ0v) is 14.8. The van der Waals surface area contributed by atoms with Gasteiger partial charge in [-0.05, 0) is 37.3 Å². The van der Waals surface area contributed by atoms with Crippen molar-refractivity contribution in [1.82, 2.24) is 14.1 Å². The summed E-state index contributed by atoms with van der Waals surface area (Å²) in [6.07, 6.45) is 2.95. The monoisotopic (exact) mass is 357 g/mol. The molecule has 0 atom stereocenters. The number of carbonyl (C=O) groups excluding carboxylic acids is 1. The van der Waals surface area contributed by atoms with E-state index in [1.165, 1.54) is 11.3 Å². The topological polar surface area (TPSA) is 60.9 Å². The molecule has 3 heterocycles. The number of likely N-dealkylation sites (tertiary alicyclic amines) is 1. The highest BCUT2D eigenvalue weighted by Crippen LogP contribution is 2.22. The molecule has 6 nitrogen and oxygen atoms in total. The molecule has 0 aliphatic carbocycles. The van der Waals surface area contributed by atoms with E-state index in [2.05, 4.69) is 4.90 Å². The minimum absolute atomic E-state index is 0.178. The van der Waals surface area contributed by atoms with Gasteiger partial charge in [0.15, 0.2) is 0 Å². The molecular weight excluding hydrogens is 334 g/mol. The smallest absolute Gasteiger partial charge is 0.252 e. The first-order chi connectivity index (χ1) is 11.1. The van der Waals surface area contributed by atoms with Crippen LogP contribution in [0.2, 0.25) is 0 Å². The molecule has 1 aromatic rings. The zero-order chi connectivity index (χ0) is 16.3. The van der Waals surface area contributed by atoms with Crippen molar-refractivity contribution in [2.45, 2.75) is 23.5 Å². The van der Waals surface area contributed by atoms with Gasteiger partial charge in [-0.3, -0.25) is 9.69 Å². The van der Waals surface area contributed by atoms with Crippen LogP contribution in [0.15, 0.2) is 21.7 Å². The summed E-state index contributed by atoms with van der Waals surface area (Å²) in [7, 11) is -3.38. The molecule has 1 aromatic heterocycles. The third kappa shape index (κ3) is 3.93. The SMILES string of the molecule is O=C(CN1CCCN(S(=O)(=O)c2cccs2)CC1)N1CCCC1. The molecule has 2 aliphatic rings. The van der Waals surface area contributed by atoms with Crippen LogP contribution in [0, 0.1) is 0 Å². The molecule has 0 saturated carbocycles. The average molecular weight is 358 g/mol. The van der Waals surface area contributed by atoms with Gasteiger partial charge in [0.2, 0.25) is 5.91 Å². The zero-order valence-electron chi connectivity index (χ0n) is 13.2. The van der Waals surface area contributed by atoms with Gasteiger partial charge >= 0.3 is 0 Å². The van der Waals surface area contributed by atoms with Crippen LogP contribution in [-0.2, 0) is 14.8 Å². The molecule has 0 bridgehead atoms. The first-order valence-corrected chi connectivity index (χ1v) is 10.4. The number of hydrogen-bond acceptors (Lipinski definition) is 5. The van der Waals surface area contributed by atoms with Crippen molar-refractivity contribution < 1.29 is 13.2 Å². The summed E-state index contributed by atoms with van der Waals surface area (Å²) in [4.78, 5) is 16.3. The van der Waals surface area contributed by atoms with E-state index in [1.54, 1.807) is 21.8 Å². The van der Waals surface area contributed by atoms with Crippen LogP contribution in [0.25, 0.3) is 0 Å². The predicted molar refractivity (Wildman–Crippen MR) is 89.9 cm³/mol. The number of sulfonamides is 1. The molecule has 8 heteroatoms. The van der Waals surface area contributed by atoms with Gasteiger partial charge in [-0.1, -0.05) is 6.07 Å². The summed E-state index contributed by atoms with van der Waals surface area (Å²) in [5.41, 5.74) is 0. The Bertz CT molecular complexity index is 624. The maximum Gasteiger partial charge on any atom is 0.252 e. The van der Waals surface area contributed by atoms with Crippen LogP contribution in [0.4, 0.5) is 0 Å². The summed E-state index contributed by atoms with van der Waals surface area (Å²) in [5, 5.41) is 1.78. The Morgan fingerprint density at radius 2 is 1.83 bits per heavy atom. The van der Waals surface area contributed by atoms with Crippen LogP contribution in [0.1, 0.15) is 19.3 Å². The molecule has 0 spiro atoms. The first-order valence-electron chi connectivity index (χ1n) is 8.11. The summed E-state index contributed by atoms with van der Waals surface area (Å²) in [6.45, 7) is 4.51. The number of nitrogens with zero attached hydrogens (tertiary/aromatic N) is 3. The molecule has 0 aromatic carbocycles. The van der Waals surface area contributed by atoms with E-state index in [0.29, 0.717) is 30.4 Å². The summed E-state index contributed by atoms with van der Waals surface area (Å²) in [6, 6.07) is 3.41.